The van der Waals surface area contributed by atoms with Gasteiger partial charge in [-0.1, -0.05) is 6.92 Å². The van der Waals surface area contributed by atoms with Gasteiger partial charge in [0.25, 0.3) is 10.2 Å². The largest absolute Gasteiger partial charge is 0.328 e. The second kappa shape index (κ2) is 4.57. The maximum Gasteiger partial charge on any atom is 0.279 e. The minimum absolute atomic E-state index is 0.0364. The zero-order valence-corrected chi connectivity index (χ0v) is 9.55. The van der Waals surface area contributed by atoms with Gasteiger partial charge in [0.1, 0.15) is 0 Å². The summed E-state index contributed by atoms with van der Waals surface area (Å²) in [6, 6.07) is 0.202. The lowest BCUT2D eigenvalue weighted by molar-refractivity contribution is 0.318. The third kappa shape index (κ3) is 2.91. The van der Waals surface area contributed by atoms with Gasteiger partial charge in [-0.15, -0.1) is 0 Å². The Kier molecular flexibility index (Phi) is 3.88. The molecule has 0 bridgehead atoms. The summed E-state index contributed by atoms with van der Waals surface area (Å²) in [6.07, 6.45) is 2.32. The highest BCUT2D eigenvalue weighted by atomic mass is 32.2. The Morgan fingerprint density at radius 1 is 1.50 bits per heavy atom. The fourth-order valence-corrected chi connectivity index (χ4v) is 2.71. The van der Waals surface area contributed by atoms with E-state index in [4.69, 9.17) is 5.73 Å². The van der Waals surface area contributed by atoms with Gasteiger partial charge < -0.3 is 5.73 Å². The summed E-state index contributed by atoms with van der Waals surface area (Å²) in [6.45, 7) is 2.50. The number of hydrogen-bond acceptors (Lipinski definition) is 3. The molecular formula is C8H19N3O2S. The van der Waals surface area contributed by atoms with Gasteiger partial charge in [0.2, 0.25) is 0 Å². The van der Waals surface area contributed by atoms with Crippen LogP contribution in [0.2, 0.25) is 0 Å². The summed E-state index contributed by atoms with van der Waals surface area (Å²) in [7, 11) is -1.69. The normalized spacial score (nSPS) is 27.7. The van der Waals surface area contributed by atoms with Crippen molar-refractivity contribution in [2.75, 3.05) is 13.6 Å². The topological polar surface area (TPSA) is 75.4 Å². The van der Waals surface area contributed by atoms with E-state index in [0.29, 0.717) is 6.54 Å². The van der Waals surface area contributed by atoms with E-state index >= 15 is 0 Å². The molecule has 0 heterocycles. The molecule has 5 nitrogen and oxygen atoms in total. The fraction of sp³-hybridized carbons (Fsp3) is 1.00. The van der Waals surface area contributed by atoms with Crippen LogP contribution in [0.5, 0.6) is 0 Å². The minimum Gasteiger partial charge on any atom is -0.328 e. The van der Waals surface area contributed by atoms with Crippen LogP contribution < -0.4 is 10.5 Å². The SMILES string of the molecule is CCCN(C)S(=O)(=O)NC1CC(N)C1. The van der Waals surface area contributed by atoms with E-state index in [9.17, 15) is 8.42 Å². The molecule has 1 rings (SSSR count). The summed E-state index contributed by atoms with van der Waals surface area (Å²) in [4.78, 5) is 0. The smallest absolute Gasteiger partial charge is 0.279 e. The van der Waals surface area contributed by atoms with Crippen LogP contribution in [0.25, 0.3) is 0 Å². The fourth-order valence-electron chi connectivity index (χ4n) is 1.49. The summed E-state index contributed by atoms with van der Waals surface area (Å²) in [5.74, 6) is 0. The lowest BCUT2D eigenvalue weighted by Gasteiger charge is -2.33. The molecule has 0 unspecified atom stereocenters. The molecule has 1 fully saturated rings. The quantitative estimate of drug-likeness (QED) is 0.666. The summed E-state index contributed by atoms with van der Waals surface area (Å²) >= 11 is 0. The van der Waals surface area contributed by atoms with Crippen molar-refractivity contribution < 1.29 is 8.42 Å². The van der Waals surface area contributed by atoms with Crippen LogP contribution in [-0.2, 0) is 10.2 Å². The lowest BCUT2D eigenvalue weighted by Crippen LogP contribution is -2.53. The second-order valence-electron chi connectivity index (χ2n) is 3.87. The van der Waals surface area contributed by atoms with Crippen molar-refractivity contribution in [3.63, 3.8) is 0 Å². The van der Waals surface area contributed by atoms with Gasteiger partial charge in [0.05, 0.1) is 0 Å². The molecule has 0 spiro atoms. The third-order valence-corrected chi connectivity index (χ3v) is 4.07. The Morgan fingerprint density at radius 2 is 2.07 bits per heavy atom. The molecule has 0 aromatic heterocycles. The molecule has 0 radical (unpaired) electrons. The van der Waals surface area contributed by atoms with Gasteiger partial charge in [-0.25, -0.2) is 0 Å². The van der Waals surface area contributed by atoms with E-state index in [1.54, 1.807) is 7.05 Å². The maximum absolute atomic E-state index is 11.6. The lowest BCUT2D eigenvalue weighted by atomic mass is 9.89. The Labute approximate surface area is 85.8 Å². The molecule has 6 heteroatoms. The predicted octanol–water partition coefficient (Wildman–Crippen LogP) is -0.348. The molecule has 3 N–H and O–H groups in total. The van der Waals surface area contributed by atoms with Crippen molar-refractivity contribution in [2.45, 2.75) is 38.3 Å². The Bertz CT molecular complexity index is 272. The molecule has 0 atom stereocenters. The molecule has 14 heavy (non-hydrogen) atoms. The number of nitrogens with two attached hydrogens (primary N) is 1. The van der Waals surface area contributed by atoms with Gasteiger partial charge in [0.15, 0.2) is 0 Å². The first-order valence-electron chi connectivity index (χ1n) is 4.95. The number of nitrogens with zero attached hydrogens (tertiary/aromatic N) is 1. The first kappa shape index (κ1) is 11.9. The Hall–Kier alpha value is -0.170. The van der Waals surface area contributed by atoms with Gasteiger partial charge in [-0.3, -0.25) is 0 Å². The van der Waals surface area contributed by atoms with E-state index in [2.05, 4.69) is 4.72 Å². The molecule has 84 valence electrons. The van der Waals surface area contributed by atoms with Gasteiger partial charge in [0, 0.05) is 25.7 Å². The summed E-state index contributed by atoms with van der Waals surface area (Å²) in [5, 5.41) is 0. The molecule has 0 amide bonds. The van der Waals surface area contributed by atoms with Crippen LogP contribution in [0.4, 0.5) is 0 Å². The number of rotatable bonds is 5. The van der Waals surface area contributed by atoms with E-state index in [0.717, 1.165) is 19.3 Å². The van der Waals surface area contributed by atoms with Crippen molar-refractivity contribution in [2.24, 2.45) is 5.73 Å². The molecule has 1 aliphatic carbocycles. The van der Waals surface area contributed by atoms with Crippen molar-refractivity contribution in [3.8, 4) is 0 Å². The second-order valence-corrected chi connectivity index (χ2v) is 5.68. The number of nitrogens with one attached hydrogen (secondary N) is 1. The van der Waals surface area contributed by atoms with E-state index in [-0.39, 0.29) is 12.1 Å². The molecule has 0 saturated heterocycles. The first-order valence-corrected chi connectivity index (χ1v) is 6.39. The summed E-state index contributed by atoms with van der Waals surface area (Å²) in [5.41, 5.74) is 5.57. The highest BCUT2D eigenvalue weighted by Gasteiger charge is 2.30. The molecular weight excluding hydrogens is 202 g/mol. The highest BCUT2D eigenvalue weighted by Crippen LogP contribution is 2.18. The van der Waals surface area contributed by atoms with Crippen molar-refractivity contribution >= 4 is 10.2 Å². The predicted molar refractivity (Wildman–Crippen MR) is 56.0 cm³/mol. The van der Waals surface area contributed by atoms with E-state index in [1.807, 2.05) is 6.92 Å². The number of hydrogen-bond donors (Lipinski definition) is 2. The average Bonchev–Trinajstić information content (AvgIpc) is 2.01. The minimum atomic E-state index is -3.28. The van der Waals surface area contributed by atoms with Crippen LogP contribution in [-0.4, -0.2) is 38.4 Å². The first-order chi connectivity index (χ1) is 6.45. The molecule has 0 aromatic carbocycles. The van der Waals surface area contributed by atoms with Crippen LogP contribution >= 0.6 is 0 Å². The van der Waals surface area contributed by atoms with Crippen molar-refractivity contribution in [1.82, 2.24) is 9.03 Å². The van der Waals surface area contributed by atoms with Gasteiger partial charge in [-0.2, -0.15) is 17.4 Å². The maximum atomic E-state index is 11.6. The standard InChI is InChI=1S/C8H19N3O2S/c1-3-4-11(2)14(12,13)10-8-5-7(9)6-8/h7-8,10H,3-6,9H2,1-2H3. The molecule has 1 aliphatic rings. The van der Waals surface area contributed by atoms with Crippen molar-refractivity contribution in [3.05, 3.63) is 0 Å². The van der Waals surface area contributed by atoms with E-state index < -0.39 is 10.2 Å². The van der Waals surface area contributed by atoms with Gasteiger partial charge >= 0.3 is 0 Å². The monoisotopic (exact) mass is 221 g/mol. The van der Waals surface area contributed by atoms with Crippen LogP contribution in [0.1, 0.15) is 26.2 Å². The molecule has 1 saturated carbocycles. The van der Waals surface area contributed by atoms with E-state index in [1.165, 1.54) is 4.31 Å². The van der Waals surface area contributed by atoms with Crippen molar-refractivity contribution in [1.29, 1.82) is 0 Å². The summed E-state index contributed by atoms with van der Waals surface area (Å²) < 4.78 is 27.2. The molecule has 0 aromatic rings. The van der Waals surface area contributed by atoms with Crippen LogP contribution in [0, 0.1) is 0 Å². The zero-order valence-electron chi connectivity index (χ0n) is 8.73. The van der Waals surface area contributed by atoms with Crippen LogP contribution in [0.3, 0.4) is 0 Å². The third-order valence-electron chi connectivity index (χ3n) is 2.44. The highest BCUT2D eigenvalue weighted by molar-refractivity contribution is 7.87. The van der Waals surface area contributed by atoms with Gasteiger partial charge in [-0.05, 0) is 19.3 Å². The zero-order chi connectivity index (χ0) is 10.8. The van der Waals surface area contributed by atoms with Crippen LogP contribution in [0.15, 0.2) is 0 Å². The molecule has 0 aliphatic heterocycles. The Morgan fingerprint density at radius 3 is 2.50 bits per heavy atom. The average molecular weight is 221 g/mol. The Balaban J connectivity index is 2.41.